The minimum absolute atomic E-state index is 0.0882. The number of hydrogen-bond donors (Lipinski definition) is 0. The molecule has 0 atom stereocenters. The van der Waals surface area contributed by atoms with Crippen molar-refractivity contribution in [2.75, 3.05) is 0 Å². The van der Waals surface area contributed by atoms with E-state index < -0.39 is 40.3 Å². The molecular weight excluding hydrogens is 1180 g/mol. The first-order valence-corrected chi connectivity index (χ1v) is 35.8. The minimum atomic E-state index is -3.31. The summed E-state index contributed by atoms with van der Waals surface area (Å²) in [5, 5.41) is 12.8. The lowest BCUT2D eigenvalue weighted by Gasteiger charge is -2.35. The smallest absolute Gasteiger partial charge is 0.179 e. The Morgan fingerprint density at radius 3 is 1.18 bits per heavy atom. The van der Waals surface area contributed by atoms with Crippen LogP contribution in [0, 0.1) is 0 Å². The molecule has 0 spiro atoms. The summed E-state index contributed by atoms with van der Waals surface area (Å²) in [6.07, 6.45) is 0.885. The number of hydrogen-bond acceptors (Lipinski definition) is 0. The Kier molecular flexibility index (Phi) is 11.1. The van der Waals surface area contributed by atoms with Crippen LogP contribution < -0.4 is 41.5 Å². The van der Waals surface area contributed by atoms with Gasteiger partial charge in [0.1, 0.15) is 0 Å². The second-order valence-corrected chi connectivity index (χ2v) is 31.6. The molecule has 0 unspecified atom stereocenters. The van der Waals surface area contributed by atoms with Crippen molar-refractivity contribution in [3.8, 4) is 44.8 Å². The summed E-state index contributed by atoms with van der Waals surface area (Å²) in [5.74, 6) is 0. The van der Waals surface area contributed by atoms with E-state index in [0.29, 0.717) is 22.2 Å². The maximum atomic E-state index is 8.92. The Bertz CT molecular complexity index is 6420. The fraction of sp³-hybridized carbons (Fsp3) is 0.0110. The van der Waals surface area contributed by atoms with Gasteiger partial charge in [0.15, 0.2) is 16.1 Å². The van der Waals surface area contributed by atoms with Crippen LogP contribution in [0.25, 0.3) is 88.4 Å². The molecule has 0 fully saturated rings. The van der Waals surface area contributed by atoms with Crippen LogP contribution in [0.4, 0.5) is 0 Å². The van der Waals surface area contributed by atoms with Gasteiger partial charge in [-0.05, 0) is 141 Å². The highest BCUT2D eigenvalue weighted by molar-refractivity contribution is 7.20. The summed E-state index contributed by atoms with van der Waals surface area (Å²) in [6, 6.07) is 97.4. The zero-order valence-electron chi connectivity index (χ0n) is 66.4. The fourth-order valence-corrected chi connectivity index (χ4v) is 24.5. The third-order valence-corrected chi connectivity index (χ3v) is 28.5. The van der Waals surface area contributed by atoms with E-state index in [0.717, 1.165) is 70.6 Å². The highest BCUT2D eigenvalue weighted by atomic mass is 28.3. The summed E-state index contributed by atoms with van der Waals surface area (Å²) in [4.78, 5) is 0. The van der Waals surface area contributed by atoms with Crippen LogP contribution in [0.15, 0.2) is 388 Å². The lowest BCUT2D eigenvalue weighted by molar-refractivity contribution is 1.17. The molecule has 0 radical (unpaired) electrons. The predicted molar refractivity (Wildman–Crippen MR) is 408 cm³/mol. The second kappa shape index (κ2) is 24.4. The van der Waals surface area contributed by atoms with Crippen LogP contribution in [0.5, 0.6) is 0 Å². The van der Waals surface area contributed by atoms with E-state index in [9.17, 15) is 0 Å². The molecule has 0 amide bonds. The van der Waals surface area contributed by atoms with Gasteiger partial charge in [0.05, 0.1) is 42.6 Å². The normalized spacial score (nSPS) is 14.2. The van der Waals surface area contributed by atoms with Gasteiger partial charge in [0, 0.05) is 32.9 Å². The van der Waals surface area contributed by atoms with Crippen LogP contribution in [-0.4, -0.2) is 25.3 Å². The summed E-state index contributed by atoms with van der Waals surface area (Å²) >= 11 is 0. The van der Waals surface area contributed by atoms with E-state index in [1.807, 2.05) is 127 Å². The van der Waals surface area contributed by atoms with Crippen molar-refractivity contribution >= 4 is 101 Å². The van der Waals surface area contributed by atoms with Crippen LogP contribution in [0.1, 0.15) is 31.7 Å². The van der Waals surface area contributed by atoms with Gasteiger partial charge in [0.25, 0.3) is 0 Å². The molecule has 2 heterocycles. The Labute approximate surface area is 578 Å². The molecule has 448 valence electrons. The number of rotatable bonds is 12. The molecule has 0 saturated carbocycles. The van der Waals surface area contributed by atoms with E-state index in [-0.39, 0.29) is 83.3 Å². The van der Waals surface area contributed by atoms with Crippen molar-refractivity contribution < 1.29 is 20.6 Å². The Morgan fingerprint density at radius 1 is 0.232 bits per heavy atom. The molecule has 1 aliphatic carbocycles. The predicted octanol–water partition coefficient (Wildman–Crippen LogP) is 17.2. The van der Waals surface area contributed by atoms with Crippen molar-refractivity contribution in [2.45, 2.75) is 6.42 Å². The largest absolute Gasteiger partial charge is 0.309 e. The fourth-order valence-electron chi connectivity index (χ4n) is 14.9. The lowest BCUT2D eigenvalue weighted by atomic mass is 10.1. The van der Waals surface area contributed by atoms with Crippen molar-refractivity contribution in [3.63, 3.8) is 0 Å². The highest BCUT2D eigenvalue weighted by Gasteiger charge is 2.44. The second-order valence-electron chi connectivity index (χ2n) is 23.9. The van der Waals surface area contributed by atoms with Gasteiger partial charge in [-0.1, -0.05) is 339 Å². The SMILES string of the molecule is [2H]c1c([2H])c([2H])c(-c2cccc([Si](c3ccccc3)(c3ccccc3)c3ccc4c(c3)Cc3ccccc3-4)c2)c([2H])c1[2H].[2H]c1c([2H])c([2H])c(-c2cccc([Si](c3ccccc3)(c3ccccc3)c3ccc4c5ccccc5n(-c5ccc6c(c5)c5ccccc5n6-c5c([2H])c([2H])c([2H])c([2H])c5[2H])c4c3)c2)c([2H])c1[2H]. The molecule has 15 aromatic carbocycles. The Balaban J connectivity index is 0.000000177. The van der Waals surface area contributed by atoms with Gasteiger partial charge in [-0.25, -0.2) is 0 Å². The minimum Gasteiger partial charge on any atom is -0.309 e. The zero-order valence-corrected chi connectivity index (χ0v) is 53.4. The van der Waals surface area contributed by atoms with Crippen molar-refractivity contribution in [1.82, 2.24) is 9.13 Å². The van der Waals surface area contributed by atoms with Gasteiger partial charge in [-0.15, -0.1) is 0 Å². The van der Waals surface area contributed by atoms with Crippen LogP contribution in [-0.2, 0) is 6.42 Å². The lowest BCUT2D eigenvalue weighted by Crippen LogP contribution is -2.74. The van der Waals surface area contributed by atoms with E-state index in [1.165, 1.54) is 37.8 Å². The molecule has 95 heavy (non-hydrogen) atoms. The third-order valence-electron chi connectivity index (χ3n) is 19.0. The standard InChI is InChI=1S/C54H38N2Si.C37H28Si/c1-5-18-39(19-6-1)40-20-17-27-45(36-40)57(43-23-9-3-10-24-43,44-25-11-4-12-26-44)46-33-34-49-47-28-13-15-30-51(47)56(54(49)38-46)42-32-35-53-50(37-42)48-29-14-16-31-52(48)55(53)41-21-7-2-8-22-41;1-4-13-28(14-5-1)29-16-12-21-34(26-29)38(32-17-6-2-7-18-32,33-19-8-3-9-20-33)35-23-24-37-31(27-35)25-30-15-10-11-22-36(30)37/h1-38H;1-24,26-27H,25H2/i1D,2D,5D,6D,7D,8D,18D,19D,21D,22D;1D,4D,5D,13D,14D. The van der Waals surface area contributed by atoms with E-state index >= 15 is 0 Å². The monoisotopic (exact) mass is 1260 g/mol. The summed E-state index contributed by atoms with van der Waals surface area (Å²) in [6.45, 7) is 0. The first-order valence-electron chi connectivity index (χ1n) is 39.3. The average molecular weight is 1260 g/mol. The summed E-state index contributed by atoms with van der Waals surface area (Å²) < 4.78 is 132. The molecule has 0 bridgehead atoms. The Morgan fingerprint density at radius 2 is 0.632 bits per heavy atom. The van der Waals surface area contributed by atoms with Crippen molar-refractivity contribution in [3.05, 3.63) is 399 Å². The number of para-hydroxylation sites is 3. The van der Waals surface area contributed by atoms with Gasteiger partial charge in [0.2, 0.25) is 0 Å². The first-order chi connectivity index (χ1) is 53.3. The number of nitrogens with zero attached hydrogens (tertiary/aromatic N) is 2. The highest BCUT2D eigenvalue weighted by Crippen LogP contribution is 2.39. The summed E-state index contributed by atoms with van der Waals surface area (Å²) in [7, 11) is -6.25. The third kappa shape index (κ3) is 9.84. The number of aromatic nitrogens is 2. The molecule has 18 rings (SSSR count). The molecule has 2 nitrogen and oxygen atoms in total. The quantitative estimate of drug-likeness (QED) is 0.0852. The van der Waals surface area contributed by atoms with E-state index in [2.05, 4.69) is 174 Å². The average Bonchev–Trinajstić information content (AvgIpc) is 1.03. The molecule has 4 heteroatoms. The van der Waals surface area contributed by atoms with Crippen molar-refractivity contribution in [2.24, 2.45) is 0 Å². The zero-order chi connectivity index (χ0) is 76.2. The molecular formula is C91H66N2Si2. The first kappa shape index (κ1) is 43.2. The summed E-state index contributed by atoms with van der Waals surface area (Å²) in [5.41, 5.74) is 11.0. The van der Waals surface area contributed by atoms with Gasteiger partial charge < -0.3 is 9.13 Å². The van der Waals surface area contributed by atoms with Crippen LogP contribution in [0.3, 0.4) is 0 Å². The Hall–Kier alpha value is -11.7. The van der Waals surface area contributed by atoms with Crippen LogP contribution in [0.2, 0.25) is 0 Å². The van der Waals surface area contributed by atoms with Crippen LogP contribution >= 0.6 is 0 Å². The number of benzene rings is 15. The maximum Gasteiger partial charge on any atom is 0.179 e. The van der Waals surface area contributed by atoms with Gasteiger partial charge in [-0.3, -0.25) is 0 Å². The molecule has 0 saturated heterocycles. The maximum absolute atomic E-state index is 8.92. The van der Waals surface area contributed by atoms with Crippen molar-refractivity contribution in [1.29, 1.82) is 0 Å². The molecule has 0 N–H and O–H groups in total. The van der Waals surface area contributed by atoms with E-state index in [1.54, 1.807) is 4.57 Å². The number of fused-ring (bicyclic) bond motifs is 9. The molecule has 17 aromatic rings. The van der Waals surface area contributed by atoms with Gasteiger partial charge in [-0.2, -0.15) is 0 Å². The van der Waals surface area contributed by atoms with E-state index in [4.69, 9.17) is 20.6 Å². The molecule has 0 aliphatic heterocycles. The molecule has 1 aliphatic rings. The topological polar surface area (TPSA) is 9.86 Å². The molecule has 2 aromatic heterocycles. The van der Waals surface area contributed by atoms with Gasteiger partial charge >= 0.3 is 0 Å².